The number of aliphatic carboxylic acids is 1. The second kappa shape index (κ2) is 7.19. The number of fused-ring (bicyclic) bond motifs is 3. The average molecular weight is 395 g/mol. The minimum Gasteiger partial charge on any atom is -0.481 e. The first-order valence-electron chi connectivity index (χ1n) is 9.82. The number of hydrogen-bond acceptors (Lipinski definition) is 4. The van der Waals surface area contributed by atoms with Crippen molar-refractivity contribution in [3.8, 4) is 11.1 Å². The molecule has 1 aliphatic heterocycles. The summed E-state index contributed by atoms with van der Waals surface area (Å²) in [5, 5.41) is 12.2. The van der Waals surface area contributed by atoms with E-state index in [1.54, 1.807) is 13.8 Å². The number of carbonyl (C=O) groups excluding carboxylic acids is 1. The van der Waals surface area contributed by atoms with Crippen molar-refractivity contribution in [2.75, 3.05) is 13.2 Å². The topological polar surface area (TPSA) is 84.9 Å². The molecule has 0 aromatic heterocycles. The summed E-state index contributed by atoms with van der Waals surface area (Å²) < 4.78 is 11.3. The van der Waals surface area contributed by atoms with E-state index in [1.807, 2.05) is 24.3 Å². The molecule has 4 rings (SSSR count). The molecule has 2 aromatic rings. The SMILES string of the molecule is CC1(C)OCCC1(CC(=O)O)NC(=O)OCC1c2ccccc2-c2ccccc21. The highest BCUT2D eigenvalue weighted by Crippen LogP contribution is 2.44. The van der Waals surface area contributed by atoms with E-state index in [0.717, 1.165) is 22.3 Å². The van der Waals surface area contributed by atoms with Crippen LogP contribution in [-0.2, 0) is 14.3 Å². The molecule has 1 aliphatic carbocycles. The molecule has 152 valence electrons. The molecule has 29 heavy (non-hydrogen) atoms. The van der Waals surface area contributed by atoms with Crippen molar-refractivity contribution >= 4 is 12.1 Å². The Morgan fingerprint density at radius 3 is 2.21 bits per heavy atom. The predicted molar refractivity (Wildman–Crippen MR) is 108 cm³/mol. The van der Waals surface area contributed by atoms with Crippen LogP contribution < -0.4 is 5.32 Å². The maximum atomic E-state index is 12.7. The van der Waals surface area contributed by atoms with Gasteiger partial charge in [0.15, 0.2) is 0 Å². The van der Waals surface area contributed by atoms with Gasteiger partial charge < -0.3 is 19.9 Å². The van der Waals surface area contributed by atoms with Crippen LogP contribution in [-0.4, -0.2) is 41.5 Å². The van der Waals surface area contributed by atoms with E-state index in [1.165, 1.54) is 0 Å². The molecular formula is C23H25NO5. The molecule has 2 aromatic carbocycles. The van der Waals surface area contributed by atoms with Crippen LogP contribution in [0.1, 0.15) is 43.7 Å². The first-order valence-corrected chi connectivity index (χ1v) is 9.82. The summed E-state index contributed by atoms with van der Waals surface area (Å²) in [6.07, 6.45) is -0.410. The minimum absolute atomic E-state index is 0.0450. The van der Waals surface area contributed by atoms with E-state index in [-0.39, 0.29) is 18.9 Å². The monoisotopic (exact) mass is 395 g/mol. The summed E-state index contributed by atoms with van der Waals surface area (Å²) in [5.74, 6) is -1.03. The highest BCUT2D eigenvalue weighted by Gasteiger charge is 2.53. The summed E-state index contributed by atoms with van der Waals surface area (Å²) in [6.45, 7) is 4.17. The van der Waals surface area contributed by atoms with Crippen molar-refractivity contribution in [1.82, 2.24) is 5.32 Å². The standard InChI is InChI=1S/C23H25NO5/c1-22(2)23(11-12-29-22,13-20(25)26)24-21(27)28-14-19-17-9-5-3-7-15(17)16-8-4-6-10-18(16)19/h3-10,19H,11-14H2,1-2H3,(H,24,27)(H,25,26). The van der Waals surface area contributed by atoms with Crippen LogP contribution in [0.4, 0.5) is 4.79 Å². The van der Waals surface area contributed by atoms with Crippen LogP contribution in [0, 0.1) is 0 Å². The van der Waals surface area contributed by atoms with E-state index in [0.29, 0.717) is 13.0 Å². The lowest BCUT2D eigenvalue weighted by Crippen LogP contribution is -2.60. The average Bonchev–Trinajstić information content (AvgIpc) is 3.14. The van der Waals surface area contributed by atoms with Crippen molar-refractivity contribution in [3.63, 3.8) is 0 Å². The zero-order valence-corrected chi connectivity index (χ0v) is 16.6. The molecule has 6 heteroatoms. The second-order valence-corrected chi connectivity index (χ2v) is 8.21. The summed E-state index contributed by atoms with van der Waals surface area (Å²) in [7, 11) is 0. The molecule has 1 amide bonds. The van der Waals surface area contributed by atoms with Crippen LogP contribution in [0.5, 0.6) is 0 Å². The number of carboxylic acids is 1. The Balaban J connectivity index is 1.51. The van der Waals surface area contributed by atoms with Gasteiger partial charge in [0.05, 0.1) is 17.6 Å². The lowest BCUT2D eigenvalue weighted by molar-refractivity contribution is -0.140. The molecule has 0 saturated carbocycles. The van der Waals surface area contributed by atoms with E-state index in [4.69, 9.17) is 9.47 Å². The van der Waals surface area contributed by atoms with Crippen LogP contribution in [0.3, 0.4) is 0 Å². The highest BCUT2D eigenvalue weighted by atomic mass is 16.6. The molecule has 0 bridgehead atoms. The third kappa shape index (κ3) is 3.38. The van der Waals surface area contributed by atoms with Crippen LogP contribution >= 0.6 is 0 Å². The Hall–Kier alpha value is -2.86. The molecule has 1 unspecified atom stereocenters. The van der Waals surface area contributed by atoms with Gasteiger partial charge in [0.2, 0.25) is 0 Å². The fraction of sp³-hybridized carbons (Fsp3) is 0.391. The van der Waals surface area contributed by atoms with E-state index in [2.05, 4.69) is 29.6 Å². The van der Waals surface area contributed by atoms with Gasteiger partial charge in [0.1, 0.15) is 6.61 Å². The Labute approximate surface area is 169 Å². The van der Waals surface area contributed by atoms with Gasteiger partial charge in [-0.3, -0.25) is 4.79 Å². The molecule has 0 spiro atoms. The van der Waals surface area contributed by atoms with Gasteiger partial charge in [-0.15, -0.1) is 0 Å². The number of carboxylic acid groups (broad SMARTS) is 1. The molecular weight excluding hydrogens is 370 g/mol. The first-order chi connectivity index (χ1) is 13.8. The maximum absolute atomic E-state index is 12.7. The molecule has 1 saturated heterocycles. The quantitative estimate of drug-likeness (QED) is 0.801. The number of ether oxygens (including phenoxy) is 2. The normalized spacial score (nSPS) is 22.0. The zero-order chi connectivity index (χ0) is 20.6. The first kappa shape index (κ1) is 19.5. The van der Waals surface area contributed by atoms with Crippen LogP contribution in [0.25, 0.3) is 11.1 Å². The number of amides is 1. The maximum Gasteiger partial charge on any atom is 0.407 e. The smallest absolute Gasteiger partial charge is 0.407 e. The Kier molecular flexibility index (Phi) is 4.82. The molecule has 2 N–H and O–H groups in total. The molecule has 1 fully saturated rings. The van der Waals surface area contributed by atoms with Gasteiger partial charge in [0, 0.05) is 12.5 Å². The van der Waals surface area contributed by atoms with Crippen molar-refractivity contribution in [3.05, 3.63) is 59.7 Å². The lowest BCUT2D eigenvalue weighted by atomic mass is 9.79. The molecule has 6 nitrogen and oxygen atoms in total. The number of alkyl carbamates (subject to hydrolysis) is 1. The van der Waals surface area contributed by atoms with Gasteiger partial charge in [-0.2, -0.15) is 0 Å². The number of nitrogens with one attached hydrogen (secondary N) is 1. The zero-order valence-electron chi connectivity index (χ0n) is 16.6. The van der Waals surface area contributed by atoms with Crippen LogP contribution in [0.15, 0.2) is 48.5 Å². The van der Waals surface area contributed by atoms with Gasteiger partial charge in [-0.25, -0.2) is 4.79 Å². The highest BCUT2D eigenvalue weighted by molar-refractivity contribution is 5.79. The van der Waals surface area contributed by atoms with Gasteiger partial charge in [-0.1, -0.05) is 48.5 Å². The molecule has 0 radical (unpaired) electrons. The van der Waals surface area contributed by atoms with Crippen LogP contribution in [0.2, 0.25) is 0 Å². The summed E-state index contributed by atoms with van der Waals surface area (Å²) in [6, 6.07) is 16.2. The summed E-state index contributed by atoms with van der Waals surface area (Å²) in [4.78, 5) is 24.1. The number of benzene rings is 2. The van der Waals surface area contributed by atoms with Crippen molar-refractivity contribution in [1.29, 1.82) is 0 Å². The van der Waals surface area contributed by atoms with Gasteiger partial charge in [0.25, 0.3) is 0 Å². The van der Waals surface area contributed by atoms with Crippen molar-refractivity contribution in [2.45, 2.75) is 43.7 Å². The largest absolute Gasteiger partial charge is 0.481 e. The summed E-state index contributed by atoms with van der Waals surface area (Å²) in [5.41, 5.74) is 2.78. The van der Waals surface area contributed by atoms with Gasteiger partial charge in [-0.05, 0) is 42.5 Å². The van der Waals surface area contributed by atoms with Crippen molar-refractivity contribution < 1.29 is 24.2 Å². The Morgan fingerprint density at radius 2 is 1.69 bits per heavy atom. The lowest BCUT2D eigenvalue weighted by Gasteiger charge is -2.39. The molecule has 2 aliphatic rings. The second-order valence-electron chi connectivity index (χ2n) is 8.21. The van der Waals surface area contributed by atoms with E-state index in [9.17, 15) is 14.7 Å². The fourth-order valence-electron chi connectivity index (χ4n) is 4.57. The van der Waals surface area contributed by atoms with Crippen molar-refractivity contribution in [2.24, 2.45) is 0 Å². The third-order valence-electron chi connectivity index (χ3n) is 6.28. The predicted octanol–water partition coefficient (Wildman–Crippen LogP) is 3.94. The number of rotatable bonds is 5. The Bertz CT molecular complexity index is 908. The minimum atomic E-state index is -0.999. The fourth-order valence-corrected chi connectivity index (χ4v) is 4.57. The van der Waals surface area contributed by atoms with E-state index < -0.39 is 23.2 Å². The third-order valence-corrected chi connectivity index (χ3v) is 6.28. The Morgan fingerprint density at radius 1 is 1.10 bits per heavy atom. The van der Waals surface area contributed by atoms with E-state index >= 15 is 0 Å². The number of carbonyl (C=O) groups is 2. The summed E-state index contributed by atoms with van der Waals surface area (Å²) >= 11 is 0. The molecule has 1 atom stereocenters. The van der Waals surface area contributed by atoms with Gasteiger partial charge >= 0.3 is 12.1 Å². The molecule has 1 heterocycles. The number of hydrogen-bond donors (Lipinski definition) is 2.